The van der Waals surface area contributed by atoms with Crippen molar-refractivity contribution in [3.8, 4) is 0 Å². The van der Waals surface area contributed by atoms with Crippen molar-refractivity contribution in [1.29, 1.82) is 0 Å². The maximum atomic E-state index is 12.0. The van der Waals surface area contributed by atoms with Gasteiger partial charge in [0.1, 0.15) is 0 Å². The minimum Gasteiger partial charge on any atom is -0.338 e. The van der Waals surface area contributed by atoms with Gasteiger partial charge in [0.05, 0.1) is 12.6 Å². The Morgan fingerprint density at radius 3 is 2.26 bits per heavy atom. The Kier molecular flexibility index (Phi) is 5.98. The lowest BCUT2D eigenvalue weighted by Gasteiger charge is -2.36. The molecule has 1 aliphatic heterocycles. The van der Waals surface area contributed by atoms with Crippen LogP contribution in [0.2, 0.25) is 0 Å². The first-order chi connectivity index (χ1) is 8.95. The molecular weight excluding hydrogens is 244 g/mol. The zero-order valence-corrected chi connectivity index (χ0v) is 11.8. The molecule has 6 heteroatoms. The molecule has 0 aromatic carbocycles. The number of likely N-dealkylation sites (N-methyl/N-ethyl adjacent to an activating group) is 1. The third-order valence-corrected chi connectivity index (χ3v) is 3.13. The molecule has 0 aromatic heterocycles. The van der Waals surface area contributed by atoms with E-state index in [0.717, 1.165) is 0 Å². The van der Waals surface area contributed by atoms with Crippen LogP contribution in [0.25, 0.3) is 0 Å². The summed E-state index contributed by atoms with van der Waals surface area (Å²) in [5.74, 6) is 0.0482. The van der Waals surface area contributed by atoms with E-state index in [0.29, 0.717) is 39.1 Å². The number of nitrogens with two attached hydrogens (primary N) is 1. The average Bonchev–Trinajstić information content (AvgIpc) is 2.37. The van der Waals surface area contributed by atoms with E-state index >= 15 is 0 Å². The monoisotopic (exact) mass is 268 g/mol. The molecule has 0 aromatic rings. The van der Waals surface area contributed by atoms with Gasteiger partial charge in [-0.1, -0.05) is 6.08 Å². The first-order valence-corrected chi connectivity index (χ1v) is 6.53. The number of hydrogen-bond acceptors (Lipinski definition) is 4. The number of amides is 2. The Balaban J connectivity index is 2.42. The largest absolute Gasteiger partial charge is 0.338 e. The van der Waals surface area contributed by atoms with Crippen LogP contribution < -0.4 is 5.73 Å². The van der Waals surface area contributed by atoms with Gasteiger partial charge < -0.3 is 20.4 Å². The molecule has 0 aliphatic carbocycles. The summed E-state index contributed by atoms with van der Waals surface area (Å²) in [7, 11) is 3.73. The van der Waals surface area contributed by atoms with Gasteiger partial charge in [0, 0.05) is 26.2 Å². The Bertz CT molecular complexity index is 336. The number of hydrogen-bond donors (Lipinski definition) is 1. The highest BCUT2D eigenvalue weighted by Crippen LogP contribution is 2.05. The number of piperazine rings is 1. The molecule has 1 atom stereocenters. The Morgan fingerprint density at radius 2 is 1.79 bits per heavy atom. The van der Waals surface area contributed by atoms with Gasteiger partial charge in [-0.15, -0.1) is 6.58 Å². The number of carbonyl (C=O) groups excluding carboxylic acids is 2. The molecule has 0 bridgehead atoms. The highest BCUT2D eigenvalue weighted by molar-refractivity contribution is 5.82. The van der Waals surface area contributed by atoms with Crippen LogP contribution in [0.1, 0.15) is 6.42 Å². The summed E-state index contributed by atoms with van der Waals surface area (Å²) >= 11 is 0. The lowest BCUT2D eigenvalue weighted by atomic mass is 10.1. The molecule has 1 aliphatic rings. The summed E-state index contributed by atoms with van der Waals surface area (Å²) in [6, 6.07) is -0.512. The molecule has 2 N–H and O–H groups in total. The van der Waals surface area contributed by atoms with E-state index in [1.165, 1.54) is 0 Å². The lowest BCUT2D eigenvalue weighted by Crippen LogP contribution is -2.55. The van der Waals surface area contributed by atoms with E-state index in [9.17, 15) is 9.59 Å². The van der Waals surface area contributed by atoms with E-state index in [1.54, 1.807) is 15.9 Å². The molecule has 1 saturated heterocycles. The molecule has 0 radical (unpaired) electrons. The van der Waals surface area contributed by atoms with Crippen molar-refractivity contribution in [2.75, 3.05) is 46.8 Å². The summed E-state index contributed by atoms with van der Waals surface area (Å²) in [5, 5.41) is 0. The van der Waals surface area contributed by atoms with Crippen LogP contribution in [0.4, 0.5) is 0 Å². The topological polar surface area (TPSA) is 69.9 Å². The van der Waals surface area contributed by atoms with Crippen LogP contribution in [0, 0.1) is 0 Å². The van der Waals surface area contributed by atoms with Gasteiger partial charge in [-0.05, 0) is 20.5 Å². The molecule has 1 heterocycles. The van der Waals surface area contributed by atoms with Gasteiger partial charge in [-0.25, -0.2) is 0 Å². The molecule has 1 rings (SSSR count). The second kappa shape index (κ2) is 7.25. The van der Waals surface area contributed by atoms with E-state index in [1.807, 2.05) is 19.0 Å². The molecule has 1 fully saturated rings. The van der Waals surface area contributed by atoms with Crippen molar-refractivity contribution in [2.45, 2.75) is 12.5 Å². The first kappa shape index (κ1) is 15.7. The smallest absolute Gasteiger partial charge is 0.239 e. The zero-order chi connectivity index (χ0) is 14.4. The summed E-state index contributed by atoms with van der Waals surface area (Å²) in [4.78, 5) is 29.2. The fourth-order valence-corrected chi connectivity index (χ4v) is 2.06. The third kappa shape index (κ3) is 4.65. The predicted molar refractivity (Wildman–Crippen MR) is 74.5 cm³/mol. The van der Waals surface area contributed by atoms with Crippen molar-refractivity contribution < 1.29 is 9.59 Å². The zero-order valence-electron chi connectivity index (χ0n) is 11.8. The maximum absolute atomic E-state index is 12.0. The molecule has 1 unspecified atom stereocenters. The quantitative estimate of drug-likeness (QED) is 0.658. The molecule has 6 nitrogen and oxygen atoms in total. The highest BCUT2D eigenvalue weighted by Gasteiger charge is 2.26. The second-order valence-corrected chi connectivity index (χ2v) is 5.07. The molecule has 2 amide bonds. The maximum Gasteiger partial charge on any atom is 0.239 e. The fraction of sp³-hybridized carbons (Fsp3) is 0.692. The molecule has 0 saturated carbocycles. The summed E-state index contributed by atoms with van der Waals surface area (Å²) in [5.41, 5.74) is 5.77. The van der Waals surface area contributed by atoms with Crippen LogP contribution in [0.3, 0.4) is 0 Å². The van der Waals surface area contributed by atoms with E-state index in [4.69, 9.17) is 5.73 Å². The van der Waals surface area contributed by atoms with Crippen LogP contribution >= 0.6 is 0 Å². The van der Waals surface area contributed by atoms with Crippen LogP contribution in [-0.2, 0) is 9.59 Å². The van der Waals surface area contributed by atoms with E-state index in [-0.39, 0.29) is 11.8 Å². The fourth-order valence-electron chi connectivity index (χ4n) is 2.06. The van der Waals surface area contributed by atoms with E-state index in [2.05, 4.69) is 6.58 Å². The average molecular weight is 268 g/mol. The second-order valence-electron chi connectivity index (χ2n) is 5.07. The third-order valence-electron chi connectivity index (χ3n) is 3.13. The first-order valence-electron chi connectivity index (χ1n) is 6.53. The SMILES string of the molecule is C=CCC(N)C(=O)N1CCN(C(=O)CN(C)C)CC1. The minimum atomic E-state index is -0.512. The van der Waals surface area contributed by atoms with Crippen LogP contribution in [-0.4, -0.2) is 79.4 Å². The van der Waals surface area contributed by atoms with Gasteiger partial charge >= 0.3 is 0 Å². The molecule has 0 spiro atoms. The minimum absolute atomic E-state index is 0.0559. The predicted octanol–water partition coefficient (Wildman–Crippen LogP) is -0.878. The number of carbonyl (C=O) groups is 2. The van der Waals surface area contributed by atoms with Crippen LogP contribution in [0.15, 0.2) is 12.7 Å². The molecular formula is C13H24N4O2. The Morgan fingerprint density at radius 1 is 1.26 bits per heavy atom. The summed E-state index contributed by atoms with van der Waals surface area (Å²) in [6.45, 7) is 6.27. The lowest BCUT2D eigenvalue weighted by molar-refractivity contribution is -0.140. The van der Waals surface area contributed by atoms with Gasteiger partial charge in [-0.3, -0.25) is 9.59 Å². The van der Waals surface area contributed by atoms with Crippen molar-refractivity contribution >= 4 is 11.8 Å². The van der Waals surface area contributed by atoms with E-state index < -0.39 is 6.04 Å². The standard InChI is InChI=1S/C13H24N4O2/c1-4-5-11(14)13(19)17-8-6-16(7-9-17)12(18)10-15(2)3/h4,11H,1,5-10,14H2,2-3H3. The molecule has 108 valence electrons. The Hall–Kier alpha value is -1.40. The normalized spacial score (nSPS) is 17.5. The van der Waals surface area contributed by atoms with Gasteiger partial charge in [0.2, 0.25) is 11.8 Å². The number of rotatable bonds is 5. The molecule has 19 heavy (non-hydrogen) atoms. The van der Waals surface area contributed by atoms with Crippen LogP contribution in [0.5, 0.6) is 0 Å². The summed E-state index contributed by atoms with van der Waals surface area (Å²) < 4.78 is 0. The van der Waals surface area contributed by atoms with Gasteiger partial charge in [-0.2, -0.15) is 0 Å². The highest BCUT2D eigenvalue weighted by atomic mass is 16.2. The van der Waals surface area contributed by atoms with Gasteiger partial charge in [0.25, 0.3) is 0 Å². The van der Waals surface area contributed by atoms with Crippen molar-refractivity contribution in [1.82, 2.24) is 14.7 Å². The van der Waals surface area contributed by atoms with Crippen molar-refractivity contribution in [3.63, 3.8) is 0 Å². The summed E-state index contributed by atoms with van der Waals surface area (Å²) in [6.07, 6.45) is 2.14. The van der Waals surface area contributed by atoms with Crippen molar-refractivity contribution in [2.24, 2.45) is 5.73 Å². The Labute approximate surface area is 114 Å². The van der Waals surface area contributed by atoms with Crippen molar-refractivity contribution in [3.05, 3.63) is 12.7 Å². The number of nitrogens with zero attached hydrogens (tertiary/aromatic N) is 3. The van der Waals surface area contributed by atoms with Gasteiger partial charge in [0.15, 0.2) is 0 Å².